The SMILES string of the molecule is O=C(OCc1ccccc1)C1(C(=O)OCc2ccccc2)CC2=CC[C@@]3(C=C2C1)CCOC3=O. The summed E-state index contributed by atoms with van der Waals surface area (Å²) < 4.78 is 16.5. The minimum Gasteiger partial charge on any atom is -0.465 e. The quantitative estimate of drug-likeness (QED) is 0.362. The molecule has 1 spiro atoms. The first-order valence-electron chi connectivity index (χ1n) is 11.5. The zero-order chi connectivity index (χ0) is 23.6. The Morgan fingerprint density at radius 1 is 0.824 bits per heavy atom. The minimum atomic E-state index is -1.48. The van der Waals surface area contributed by atoms with E-state index in [-0.39, 0.29) is 32.0 Å². The summed E-state index contributed by atoms with van der Waals surface area (Å²) in [5.41, 5.74) is 1.24. The summed E-state index contributed by atoms with van der Waals surface area (Å²) in [6, 6.07) is 18.7. The number of fused-ring (bicyclic) bond motifs is 1. The lowest BCUT2D eigenvalue weighted by molar-refractivity contribution is -0.173. The molecule has 2 aliphatic carbocycles. The van der Waals surface area contributed by atoms with Gasteiger partial charge in [-0.15, -0.1) is 0 Å². The van der Waals surface area contributed by atoms with Crippen LogP contribution < -0.4 is 0 Å². The Balaban J connectivity index is 1.40. The molecule has 0 N–H and O–H groups in total. The van der Waals surface area contributed by atoms with Gasteiger partial charge < -0.3 is 14.2 Å². The third-order valence-corrected chi connectivity index (χ3v) is 6.95. The first-order chi connectivity index (χ1) is 16.5. The summed E-state index contributed by atoms with van der Waals surface area (Å²) in [6.45, 7) is 0.526. The molecule has 0 bridgehead atoms. The van der Waals surface area contributed by atoms with Crippen LogP contribution in [0.3, 0.4) is 0 Å². The van der Waals surface area contributed by atoms with Crippen molar-refractivity contribution < 1.29 is 28.6 Å². The summed E-state index contributed by atoms with van der Waals surface area (Å²) in [5.74, 6) is -1.45. The number of cyclic esters (lactones) is 1. The summed E-state index contributed by atoms with van der Waals surface area (Å²) in [6.07, 6.45) is 5.34. The van der Waals surface area contributed by atoms with E-state index in [1.54, 1.807) is 0 Å². The van der Waals surface area contributed by atoms with Gasteiger partial charge in [0.25, 0.3) is 0 Å². The molecule has 0 aromatic heterocycles. The number of hydrogen-bond acceptors (Lipinski definition) is 6. The van der Waals surface area contributed by atoms with Crippen molar-refractivity contribution >= 4 is 17.9 Å². The Hall–Kier alpha value is -3.67. The molecule has 0 unspecified atom stereocenters. The van der Waals surface area contributed by atoms with Gasteiger partial charge in [-0.2, -0.15) is 0 Å². The van der Waals surface area contributed by atoms with Crippen LogP contribution in [0.2, 0.25) is 0 Å². The highest BCUT2D eigenvalue weighted by molar-refractivity contribution is 6.02. The maximum Gasteiger partial charge on any atom is 0.324 e. The molecule has 0 radical (unpaired) electrons. The van der Waals surface area contributed by atoms with Gasteiger partial charge in [-0.05, 0) is 41.5 Å². The molecular formula is C28H26O6. The second kappa shape index (κ2) is 8.93. The highest BCUT2D eigenvalue weighted by atomic mass is 16.6. The number of rotatable bonds is 6. The first-order valence-corrected chi connectivity index (χ1v) is 11.5. The summed E-state index contributed by atoms with van der Waals surface area (Å²) >= 11 is 0. The van der Waals surface area contributed by atoms with Crippen molar-refractivity contribution in [2.24, 2.45) is 10.8 Å². The number of carbonyl (C=O) groups is 3. The molecule has 3 aliphatic rings. The second-order valence-electron chi connectivity index (χ2n) is 9.20. The lowest BCUT2D eigenvalue weighted by atomic mass is 9.77. The molecule has 174 valence electrons. The molecule has 34 heavy (non-hydrogen) atoms. The van der Waals surface area contributed by atoms with Crippen LogP contribution in [0.25, 0.3) is 0 Å². The molecule has 1 saturated heterocycles. The number of benzene rings is 2. The Morgan fingerprint density at radius 2 is 1.38 bits per heavy atom. The van der Waals surface area contributed by atoms with Crippen LogP contribution in [-0.2, 0) is 41.8 Å². The highest BCUT2D eigenvalue weighted by Crippen LogP contribution is 2.53. The zero-order valence-electron chi connectivity index (χ0n) is 18.8. The smallest absolute Gasteiger partial charge is 0.324 e. The van der Waals surface area contributed by atoms with Crippen LogP contribution in [-0.4, -0.2) is 24.5 Å². The lowest BCUT2D eigenvalue weighted by Crippen LogP contribution is -2.39. The third-order valence-electron chi connectivity index (χ3n) is 6.95. The molecule has 0 amide bonds. The lowest BCUT2D eigenvalue weighted by Gasteiger charge is -2.24. The molecule has 5 rings (SSSR count). The number of hydrogen-bond donors (Lipinski definition) is 0. The summed E-state index contributed by atoms with van der Waals surface area (Å²) in [5, 5.41) is 0. The molecule has 2 aromatic rings. The van der Waals surface area contributed by atoms with Gasteiger partial charge in [-0.25, -0.2) is 0 Å². The van der Waals surface area contributed by atoms with Crippen molar-refractivity contribution in [3.05, 3.63) is 95.1 Å². The van der Waals surface area contributed by atoms with Crippen LogP contribution in [0, 0.1) is 10.8 Å². The Kier molecular flexibility index (Phi) is 5.82. The van der Waals surface area contributed by atoms with Crippen LogP contribution in [0.15, 0.2) is 84.0 Å². The van der Waals surface area contributed by atoms with Crippen molar-refractivity contribution in [1.82, 2.24) is 0 Å². The molecule has 1 heterocycles. The Labute approximate surface area is 198 Å². The largest absolute Gasteiger partial charge is 0.465 e. The third kappa shape index (κ3) is 4.04. The number of carbonyl (C=O) groups excluding carboxylic acids is 3. The van der Waals surface area contributed by atoms with Crippen molar-refractivity contribution in [1.29, 1.82) is 0 Å². The van der Waals surface area contributed by atoms with Gasteiger partial charge in [0.15, 0.2) is 5.41 Å². The molecule has 1 saturated carbocycles. The van der Waals surface area contributed by atoms with Crippen LogP contribution >= 0.6 is 0 Å². The van der Waals surface area contributed by atoms with E-state index in [1.165, 1.54) is 0 Å². The molecule has 1 atom stereocenters. The number of ether oxygens (including phenoxy) is 3. The Bertz CT molecular complexity index is 1110. The highest BCUT2D eigenvalue weighted by Gasteiger charge is 2.56. The second-order valence-corrected chi connectivity index (χ2v) is 9.20. The normalized spacial score (nSPS) is 22.4. The van der Waals surface area contributed by atoms with E-state index in [9.17, 15) is 14.4 Å². The molecule has 6 nitrogen and oxygen atoms in total. The molecule has 1 aliphatic heterocycles. The fourth-order valence-corrected chi connectivity index (χ4v) is 4.97. The zero-order valence-corrected chi connectivity index (χ0v) is 18.8. The van der Waals surface area contributed by atoms with E-state index in [4.69, 9.17) is 14.2 Å². The minimum absolute atomic E-state index is 0.0712. The van der Waals surface area contributed by atoms with Gasteiger partial charge in [0.2, 0.25) is 0 Å². The molecule has 2 fully saturated rings. The monoisotopic (exact) mass is 458 g/mol. The van der Waals surface area contributed by atoms with E-state index >= 15 is 0 Å². The fourth-order valence-electron chi connectivity index (χ4n) is 4.97. The van der Waals surface area contributed by atoms with Crippen molar-refractivity contribution in [2.45, 2.75) is 38.9 Å². The summed E-state index contributed by atoms with van der Waals surface area (Å²) in [4.78, 5) is 39.3. The van der Waals surface area contributed by atoms with E-state index in [0.717, 1.165) is 22.3 Å². The number of esters is 3. The fraction of sp³-hybridized carbons (Fsp3) is 0.321. The number of allylic oxidation sites excluding steroid dienone is 3. The van der Waals surface area contributed by atoms with E-state index in [2.05, 4.69) is 0 Å². The maximum atomic E-state index is 13.4. The van der Waals surface area contributed by atoms with Crippen molar-refractivity contribution in [3.63, 3.8) is 0 Å². The van der Waals surface area contributed by atoms with E-state index in [1.807, 2.05) is 72.8 Å². The van der Waals surface area contributed by atoms with E-state index in [0.29, 0.717) is 19.4 Å². The van der Waals surface area contributed by atoms with Crippen LogP contribution in [0.5, 0.6) is 0 Å². The first kappa shape index (κ1) is 22.1. The van der Waals surface area contributed by atoms with Crippen LogP contribution in [0.4, 0.5) is 0 Å². The average Bonchev–Trinajstić information content (AvgIpc) is 3.43. The standard InChI is InChI=1S/C28H26O6/c29-24-27(13-14-32-24)12-11-22-16-28(17-23(22)15-27,25(30)33-18-20-7-3-1-4-8-20)26(31)34-19-21-9-5-2-6-10-21/h1-11,15H,12-14,16-19H2/t27-/m0/s1. The van der Waals surface area contributed by atoms with Gasteiger partial charge in [0, 0.05) is 6.42 Å². The maximum absolute atomic E-state index is 13.4. The van der Waals surface area contributed by atoms with Gasteiger partial charge in [-0.3, -0.25) is 14.4 Å². The average molecular weight is 459 g/mol. The summed E-state index contributed by atoms with van der Waals surface area (Å²) in [7, 11) is 0. The topological polar surface area (TPSA) is 78.9 Å². The predicted octanol–water partition coefficient (Wildman–Crippen LogP) is 4.44. The molecular weight excluding hydrogens is 432 g/mol. The van der Waals surface area contributed by atoms with Gasteiger partial charge >= 0.3 is 17.9 Å². The molecule has 2 aromatic carbocycles. The van der Waals surface area contributed by atoms with Gasteiger partial charge in [0.05, 0.1) is 12.0 Å². The van der Waals surface area contributed by atoms with Gasteiger partial charge in [0.1, 0.15) is 13.2 Å². The molecule has 6 heteroatoms. The van der Waals surface area contributed by atoms with Crippen LogP contribution in [0.1, 0.15) is 36.8 Å². The van der Waals surface area contributed by atoms with Crippen molar-refractivity contribution in [3.8, 4) is 0 Å². The van der Waals surface area contributed by atoms with E-state index < -0.39 is 22.8 Å². The van der Waals surface area contributed by atoms with Crippen molar-refractivity contribution in [2.75, 3.05) is 6.61 Å². The van der Waals surface area contributed by atoms with Gasteiger partial charge in [-0.1, -0.05) is 72.8 Å². The Morgan fingerprint density at radius 3 is 1.91 bits per heavy atom. The predicted molar refractivity (Wildman–Crippen MR) is 123 cm³/mol.